The van der Waals surface area contributed by atoms with E-state index >= 15 is 0 Å². The van der Waals surface area contributed by atoms with E-state index in [-0.39, 0.29) is 31.7 Å². The SMILES string of the molecule is NC(=O)C1(Nc2ccc(F)cc2)CCN(S(=O)(=O)N2CCOCC2)CC1. The Hall–Kier alpha value is -1.75. The van der Waals surface area contributed by atoms with Gasteiger partial charge in [0, 0.05) is 31.9 Å². The molecule has 2 aliphatic rings. The second-order valence-corrected chi connectivity index (χ2v) is 8.42. The van der Waals surface area contributed by atoms with E-state index in [9.17, 15) is 17.6 Å². The number of hydrogen-bond acceptors (Lipinski definition) is 5. The van der Waals surface area contributed by atoms with Crippen molar-refractivity contribution in [3.8, 4) is 0 Å². The fourth-order valence-corrected chi connectivity index (χ4v) is 4.86. The van der Waals surface area contributed by atoms with E-state index in [2.05, 4.69) is 5.32 Å². The molecule has 0 aromatic heterocycles. The van der Waals surface area contributed by atoms with Crippen LogP contribution in [0.3, 0.4) is 0 Å². The van der Waals surface area contributed by atoms with Crippen molar-refractivity contribution in [2.75, 3.05) is 44.7 Å². The summed E-state index contributed by atoms with van der Waals surface area (Å²) in [6, 6.07) is 5.62. The highest BCUT2D eigenvalue weighted by Crippen LogP contribution is 2.29. The van der Waals surface area contributed by atoms with Crippen LogP contribution in [0, 0.1) is 5.82 Å². The number of primary amides is 1. The number of ether oxygens (including phenoxy) is 1. The van der Waals surface area contributed by atoms with Crippen LogP contribution in [0.1, 0.15) is 12.8 Å². The molecule has 8 nitrogen and oxygen atoms in total. The van der Waals surface area contributed by atoms with E-state index in [1.807, 2.05) is 0 Å². The summed E-state index contributed by atoms with van der Waals surface area (Å²) in [4.78, 5) is 12.1. The molecule has 2 heterocycles. The van der Waals surface area contributed by atoms with Crippen LogP contribution in [0.4, 0.5) is 10.1 Å². The number of nitrogens with two attached hydrogens (primary N) is 1. The third-order valence-electron chi connectivity index (χ3n) is 4.90. The van der Waals surface area contributed by atoms with E-state index in [1.165, 1.54) is 32.9 Å². The van der Waals surface area contributed by atoms with Crippen LogP contribution in [-0.2, 0) is 19.7 Å². The molecule has 0 unspecified atom stereocenters. The molecule has 1 aromatic carbocycles. The number of anilines is 1. The van der Waals surface area contributed by atoms with E-state index in [4.69, 9.17) is 10.5 Å². The van der Waals surface area contributed by atoms with Crippen LogP contribution in [-0.4, -0.2) is 67.9 Å². The van der Waals surface area contributed by atoms with Crippen LogP contribution < -0.4 is 11.1 Å². The van der Waals surface area contributed by atoms with Crippen LogP contribution in [0.5, 0.6) is 0 Å². The molecule has 0 spiro atoms. The Bertz CT molecular complexity index is 742. The summed E-state index contributed by atoms with van der Waals surface area (Å²) in [5.41, 5.74) is 5.11. The highest BCUT2D eigenvalue weighted by Gasteiger charge is 2.43. The molecular formula is C16H23FN4O4S. The van der Waals surface area contributed by atoms with Gasteiger partial charge >= 0.3 is 0 Å². The molecule has 1 amide bonds. The van der Waals surface area contributed by atoms with Gasteiger partial charge in [-0.3, -0.25) is 4.79 Å². The predicted molar refractivity (Wildman–Crippen MR) is 94.1 cm³/mol. The van der Waals surface area contributed by atoms with Gasteiger partial charge in [-0.05, 0) is 37.1 Å². The van der Waals surface area contributed by atoms with Crippen molar-refractivity contribution in [1.29, 1.82) is 0 Å². The second-order valence-electron chi connectivity index (χ2n) is 6.50. The van der Waals surface area contributed by atoms with Crippen molar-refractivity contribution in [1.82, 2.24) is 8.61 Å². The summed E-state index contributed by atoms with van der Waals surface area (Å²) in [6.45, 7) is 1.77. The zero-order chi connectivity index (χ0) is 18.8. The molecule has 0 atom stereocenters. The van der Waals surface area contributed by atoms with Gasteiger partial charge in [0.1, 0.15) is 11.4 Å². The number of nitrogens with one attached hydrogen (secondary N) is 1. The number of carbonyl (C=O) groups excluding carboxylic acids is 1. The molecule has 0 radical (unpaired) electrons. The van der Waals surface area contributed by atoms with Gasteiger partial charge in [0.05, 0.1) is 13.2 Å². The van der Waals surface area contributed by atoms with Gasteiger partial charge in [-0.1, -0.05) is 0 Å². The molecule has 3 rings (SSSR count). The molecule has 0 saturated carbocycles. The quantitative estimate of drug-likeness (QED) is 0.749. The number of hydrogen-bond donors (Lipinski definition) is 2. The number of amides is 1. The lowest BCUT2D eigenvalue weighted by Gasteiger charge is -2.41. The summed E-state index contributed by atoms with van der Waals surface area (Å²) in [5, 5.41) is 3.08. The van der Waals surface area contributed by atoms with Gasteiger partial charge in [0.2, 0.25) is 5.91 Å². The lowest BCUT2D eigenvalue weighted by atomic mass is 9.87. The zero-order valence-corrected chi connectivity index (χ0v) is 15.2. The Morgan fingerprint density at radius 3 is 2.15 bits per heavy atom. The lowest BCUT2D eigenvalue weighted by molar-refractivity contribution is -0.123. The Balaban J connectivity index is 1.71. The minimum absolute atomic E-state index is 0.177. The topological polar surface area (TPSA) is 105 Å². The molecule has 26 heavy (non-hydrogen) atoms. The monoisotopic (exact) mass is 386 g/mol. The van der Waals surface area contributed by atoms with Crippen LogP contribution in [0.25, 0.3) is 0 Å². The number of piperidine rings is 1. The number of morpholine rings is 1. The van der Waals surface area contributed by atoms with Crippen LogP contribution in [0.15, 0.2) is 24.3 Å². The molecule has 2 saturated heterocycles. The number of carbonyl (C=O) groups is 1. The number of rotatable bonds is 5. The molecule has 2 fully saturated rings. The first kappa shape index (κ1) is 19.0. The van der Waals surface area contributed by atoms with Crippen molar-refractivity contribution in [3.05, 3.63) is 30.1 Å². The summed E-state index contributed by atoms with van der Waals surface area (Å²) >= 11 is 0. The molecule has 10 heteroatoms. The third-order valence-corrected chi connectivity index (χ3v) is 6.93. The van der Waals surface area contributed by atoms with E-state index in [0.717, 1.165) is 0 Å². The van der Waals surface area contributed by atoms with E-state index < -0.39 is 21.7 Å². The van der Waals surface area contributed by atoms with Gasteiger partial charge in [-0.2, -0.15) is 17.0 Å². The van der Waals surface area contributed by atoms with Crippen molar-refractivity contribution < 1.29 is 22.3 Å². The maximum Gasteiger partial charge on any atom is 0.282 e. The summed E-state index contributed by atoms with van der Waals surface area (Å²) < 4.78 is 46.5. The van der Waals surface area contributed by atoms with Crippen molar-refractivity contribution in [2.45, 2.75) is 18.4 Å². The maximum atomic E-state index is 13.1. The standard InChI is InChI=1S/C16H23FN4O4S/c17-13-1-3-14(4-2-13)19-16(15(18)22)5-7-20(8-6-16)26(23,24)21-9-11-25-12-10-21/h1-4,19H,5-12H2,(H2,18,22). The van der Waals surface area contributed by atoms with Crippen LogP contribution in [0.2, 0.25) is 0 Å². The highest BCUT2D eigenvalue weighted by molar-refractivity contribution is 7.86. The number of benzene rings is 1. The minimum atomic E-state index is -3.58. The Morgan fingerprint density at radius 1 is 1.08 bits per heavy atom. The average molecular weight is 386 g/mol. The first-order valence-electron chi connectivity index (χ1n) is 8.50. The van der Waals surface area contributed by atoms with E-state index in [0.29, 0.717) is 32.0 Å². The lowest BCUT2D eigenvalue weighted by Crippen LogP contribution is -2.59. The van der Waals surface area contributed by atoms with Crippen molar-refractivity contribution in [3.63, 3.8) is 0 Å². The van der Waals surface area contributed by atoms with E-state index in [1.54, 1.807) is 0 Å². The summed E-state index contributed by atoms with van der Waals surface area (Å²) in [6.07, 6.45) is 0.479. The van der Waals surface area contributed by atoms with Crippen LogP contribution >= 0.6 is 0 Å². The first-order valence-corrected chi connectivity index (χ1v) is 9.90. The van der Waals surface area contributed by atoms with Crippen molar-refractivity contribution >= 4 is 21.8 Å². The van der Waals surface area contributed by atoms with Gasteiger partial charge in [-0.25, -0.2) is 4.39 Å². The fourth-order valence-electron chi connectivity index (χ4n) is 3.28. The Morgan fingerprint density at radius 2 is 1.62 bits per heavy atom. The maximum absolute atomic E-state index is 13.1. The average Bonchev–Trinajstić information content (AvgIpc) is 2.65. The van der Waals surface area contributed by atoms with Gasteiger partial charge in [-0.15, -0.1) is 0 Å². The Kier molecular flexibility index (Phi) is 5.47. The minimum Gasteiger partial charge on any atom is -0.379 e. The van der Waals surface area contributed by atoms with Crippen molar-refractivity contribution in [2.24, 2.45) is 5.73 Å². The molecular weight excluding hydrogens is 363 g/mol. The van der Waals surface area contributed by atoms with Gasteiger partial charge in [0.25, 0.3) is 10.2 Å². The summed E-state index contributed by atoms with van der Waals surface area (Å²) in [5.74, 6) is -0.930. The normalized spacial score (nSPS) is 22.0. The number of halogens is 1. The summed E-state index contributed by atoms with van der Waals surface area (Å²) in [7, 11) is -3.58. The highest BCUT2D eigenvalue weighted by atomic mass is 32.2. The molecule has 3 N–H and O–H groups in total. The molecule has 144 valence electrons. The van der Waals surface area contributed by atoms with Gasteiger partial charge in [0.15, 0.2) is 0 Å². The second kappa shape index (κ2) is 7.47. The molecule has 1 aromatic rings. The zero-order valence-electron chi connectivity index (χ0n) is 14.4. The predicted octanol–water partition coefficient (Wildman–Crippen LogP) is 0.134. The Labute approximate surface area is 152 Å². The smallest absolute Gasteiger partial charge is 0.282 e. The largest absolute Gasteiger partial charge is 0.379 e. The molecule has 0 aliphatic carbocycles. The fraction of sp³-hybridized carbons (Fsp3) is 0.562. The van der Waals surface area contributed by atoms with Gasteiger partial charge < -0.3 is 15.8 Å². The number of nitrogens with zero attached hydrogens (tertiary/aromatic N) is 2. The third kappa shape index (κ3) is 3.83. The molecule has 2 aliphatic heterocycles. The first-order chi connectivity index (χ1) is 12.3. The molecule has 0 bridgehead atoms.